The fraction of sp³-hybridized carbons (Fsp3) is 0.381. The molecular formula is C21H28N2O3. The predicted molar refractivity (Wildman–Crippen MR) is 106 cm³/mol. The number of nitrogens with zero attached hydrogens (tertiary/aromatic N) is 1. The van der Waals surface area contributed by atoms with E-state index in [1.807, 2.05) is 42.5 Å². The Bertz CT molecular complexity index is 714. The summed E-state index contributed by atoms with van der Waals surface area (Å²) < 4.78 is 10.5. The molecule has 0 spiro atoms. The second kappa shape index (κ2) is 9.70. The maximum atomic E-state index is 12.3. The molecule has 0 aliphatic carbocycles. The number of unbranched alkanes of at least 4 members (excludes halogenated alkanes) is 1. The Morgan fingerprint density at radius 1 is 1.04 bits per heavy atom. The van der Waals surface area contributed by atoms with Gasteiger partial charge in [-0.05, 0) is 48.4 Å². The minimum Gasteiger partial charge on any atom is -0.493 e. The number of carbonyl (C=O) groups is 1. The van der Waals surface area contributed by atoms with Gasteiger partial charge < -0.3 is 19.7 Å². The summed E-state index contributed by atoms with van der Waals surface area (Å²) in [5.74, 6) is 1.21. The van der Waals surface area contributed by atoms with E-state index < -0.39 is 0 Å². The average Bonchev–Trinajstić information content (AvgIpc) is 2.66. The minimum absolute atomic E-state index is 0.0655. The third kappa shape index (κ3) is 5.41. The highest BCUT2D eigenvalue weighted by molar-refractivity contribution is 5.92. The predicted octanol–water partition coefficient (Wildman–Crippen LogP) is 4.12. The molecule has 0 aliphatic rings. The van der Waals surface area contributed by atoms with Gasteiger partial charge in [0.05, 0.1) is 20.6 Å². The summed E-state index contributed by atoms with van der Waals surface area (Å²) in [5, 5.41) is 2.94. The first-order chi connectivity index (χ1) is 12.6. The lowest BCUT2D eigenvalue weighted by atomic mass is 10.1. The van der Waals surface area contributed by atoms with E-state index in [0.29, 0.717) is 11.5 Å². The van der Waals surface area contributed by atoms with Crippen molar-refractivity contribution in [1.82, 2.24) is 0 Å². The van der Waals surface area contributed by atoms with Gasteiger partial charge in [0.2, 0.25) is 5.91 Å². The topological polar surface area (TPSA) is 50.8 Å². The molecule has 0 aliphatic heterocycles. The number of rotatable bonds is 9. The summed E-state index contributed by atoms with van der Waals surface area (Å²) in [4.78, 5) is 14.5. The van der Waals surface area contributed by atoms with Crippen LogP contribution in [0.2, 0.25) is 0 Å². The maximum Gasteiger partial charge on any atom is 0.228 e. The van der Waals surface area contributed by atoms with Crippen molar-refractivity contribution in [1.29, 1.82) is 0 Å². The van der Waals surface area contributed by atoms with Gasteiger partial charge in [-0.2, -0.15) is 0 Å². The Labute approximate surface area is 155 Å². The van der Waals surface area contributed by atoms with Gasteiger partial charge in [-0.25, -0.2) is 0 Å². The van der Waals surface area contributed by atoms with Gasteiger partial charge in [0.1, 0.15) is 0 Å². The molecule has 0 heterocycles. The quantitative estimate of drug-likeness (QED) is 0.734. The van der Waals surface area contributed by atoms with Crippen molar-refractivity contribution >= 4 is 17.3 Å². The monoisotopic (exact) mass is 356 g/mol. The van der Waals surface area contributed by atoms with Crippen molar-refractivity contribution in [2.75, 3.05) is 38.0 Å². The molecule has 0 saturated heterocycles. The molecule has 0 saturated carbocycles. The van der Waals surface area contributed by atoms with Crippen LogP contribution in [0.4, 0.5) is 11.4 Å². The average molecular weight is 356 g/mol. The lowest BCUT2D eigenvalue weighted by Crippen LogP contribution is -2.18. The molecule has 2 aromatic carbocycles. The first kappa shape index (κ1) is 19.6. The highest BCUT2D eigenvalue weighted by atomic mass is 16.5. The number of anilines is 2. The standard InChI is InChI=1S/C21H28N2O3/c1-5-6-13-23(2)18-10-8-17(9-11-18)22-21(24)15-16-7-12-19(25-3)20(14-16)26-4/h7-12,14H,5-6,13,15H2,1-4H3,(H,22,24). The number of hydrogen-bond acceptors (Lipinski definition) is 4. The molecular weight excluding hydrogens is 328 g/mol. The van der Waals surface area contributed by atoms with Crippen LogP contribution in [0.3, 0.4) is 0 Å². The van der Waals surface area contributed by atoms with E-state index >= 15 is 0 Å². The number of ether oxygens (including phenoxy) is 2. The summed E-state index contributed by atoms with van der Waals surface area (Å²) in [7, 11) is 5.26. The summed E-state index contributed by atoms with van der Waals surface area (Å²) in [5.41, 5.74) is 2.82. The van der Waals surface area contributed by atoms with Gasteiger partial charge >= 0.3 is 0 Å². The van der Waals surface area contributed by atoms with E-state index in [9.17, 15) is 4.79 Å². The molecule has 2 rings (SSSR count). The van der Waals surface area contributed by atoms with Gasteiger partial charge in [0.15, 0.2) is 11.5 Å². The molecule has 0 atom stereocenters. The number of amides is 1. The van der Waals surface area contributed by atoms with Crippen molar-refractivity contribution in [2.45, 2.75) is 26.2 Å². The molecule has 1 N–H and O–H groups in total. The van der Waals surface area contributed by atoms with E-state index in [2.05, 4.69) is 24.2 Å². The van der Waals surface area contributed by atoms with Crippen molar-refractivity contribution in [3.8, 4) is 11.5 Å². The Hall–Kier alpha value is -2.69. The number of carbonyl (C=O) groups excluding carboxylic acids is 1. The minimum atomic E-state index is -0.0655. The highest BCUT2D eigenvalue weighted by Crippen LogP contribution is 2.27. The van der Waals surface area contributed by atoms with E-state index in [-0.39, 0.29) is 12.3 Å². The number of hydrogen-bond donors (Lipinski definition) is 1. The molecule has 26 heavy (non-hydrogen) atoms. The van der Waals surface area contributed by atoms with Crippen LogP contribution in [-0.2, 0) is 11.2 Å². The summed E-state index contributed by atoms with van der Waals surface area (Å²) in [6, 6.07) is 13.4. The largest absolute Gasteiger partial charge is 0.493 e. The summed E-state index contributed by atoms with van der Waals surface area (Å²) in [6.07, 6.45) is 2.62. The normalized spacial score (nSPS) is 10.3. The SMILES string of the molecule is CCCCN(C)c1ccc(NC(=O)Cc2ccc(OC)c(OC)c2)cc1. The first-order valence-corrected chi connectivity index (χ1v) is 8.89. The first-order valence-electron chi connectivity index (χ1n) is 8.89. The van der Waals surface area contributed by atoms with Crippen LogP contribution in [-0.4, -0.2) is 33.7 Å². The van der Waals surface area contributed by atoms with Crippen LogP contribution in [0.1, 0.15) is 25.3 Å². The van der Waals surface area contributed by atoms with Crippen LogP contribution in [0.25, 0.3) is 0 Å². The maximum absolute atomic E-state index is 12.3. The van der Waals surface area contributed by atoms with Crippen LogP contribution in [0, 0.1) is 0 Å². The van der Waals surface area contributed by atoms with Crippen LogP contribution in [0.5, 0.6) is 11.5 Å². The zero-order chi connectivity index (χ0) is 18.9. The molecule has 0 bridgehead atoms. The fourth-order valence-corrected chi connectivity index (χ4v) is 2.70. The van der Waals surface area contributed by atoms with Crippen molar-refractivity contribution < 1.29 is 14.3 Å². The molecule has 0 radical (unpaired) electrons. The molecule has 0 aromatic heterocycles. The van der Waals surface area contributed by atoms with E-state index in [1.165, 1.54) is 12.8 Å². The van der Waals surface area contributed by atoms with Crippen molar-refractivity contribution in [2.24, 2.45) is 0 Å². The molecule has 0 unspecified atom stereocenters. The number of methoxy groups -OCH3 is 2. The zero-order valence-electron chi connectivity index (χ0n) is 16.0. The van der Waals surface area contributed by atoms with E-state index in [4.69, 9.17) is 9.47 Å². The lowest BCUT2D eigenvalue weighted by Gasteiger charge is -2.19. The third-order valence-corrected chi connectivity index (χ3v) is 4.25. The van der Waals surface area contributed by atoms with Gasteiger partial charge in [0, 0.05) is 25.0 Å². The van der Waals surface area contributed by atoms with Crippen LogP contribution in [0.15, 0.2) is 42.5 Å². The van der Waals surface area contributed by atoms with Gasteiger partial charge in [0.25, 0.3) is 0 Å². The Balaban J connectivity index is 1.95. The molecule has 5 nitrogen and oxygen atoms in total. The Morgan fingerprint density at radius 2 is 1.73 bits per heavy atom. The Morgan fingerprint density at radius 3 is 2.35 bits per heavy atom. The number of benzene rings is 2. The molecule has 140 valence electrons. The van der Waals surface area contributed by atoms with Crippen molar-refractivity contribution in [3.63, 3.8) is 0 Å². The molecule has 0 fully saturated rings. The molecule has 5 heteroatoms. The zero-order valence-corrected chi connectivity index (χ0v) is 16.0. The third-order valence-electron chi connectivity index (χ3n) is 4.25. The van der Waals surface area contributed by atoms with Crippen LogP contribution < -0.4 is 19.7 Å². The van der Waals surface area contributed by atoms with Gasteiger partial charge in [-0.15, -0.1) is 0 Å². The van der Waals surface area contributed by atoms with Crippen LogP contribution >= 0.6 is 0 Å². The van der Waals surface area contributed by atoms with Gasteiger partial charge in [-0.3, -0.25) is 4.79 Å². The van der Waals surface area contributed by atoms with E-state index in [0.717, 1.165) is 23.5 Å². The van der Waals surface area contributed by atoms with E-state index in [1.54, 1.807) is 14.2 Å². The lowest BCUT2D eigenvalue weighted by molar-refractivity contribution is -0.115. The summed E-state index contributed by atoms with van der Waals surface area (Å²) >= 11 is 0. The second-order valence-electron chi connectivity index (χ2n) is 6.24. The summed E-state index contributed by atoms with van der Waals surface area (Å²) in [6.45, 7) is 3.21. The highest BCUT2D eigenvalue weighted by Gasteiger charge is 2.09. The molecule has 1 amide bonds. The second-order valence-corrected chi connectivity index (χ2v) is 6.24. The molecule has 2 aromatic rings. The number of nitrogens with one attached hydrogen (secondary N) is 1. The smallest absolute Gasteiger partial charge is 0.228 e. The fourth-order valence-electron chi connectivity index (χ4n) is 2.70. The Kier molecular flexibility index (Phi) is 7.33. The van der Waals surface area contributed by atoms with Gasteiger partial charge in [-0.1, -0.05) is 19.4 Å². The van der Waals surface area contributed by atoms with Crippen molar-refractivity contribution in [3.05, 3.63) is 48.0 Å².